The third-order valence-electron chi connectivity index (χ3n) is 0.598. The molecule has 0 radical (unpaired) electrons. The molecule has 1 atom stereocenters. The summed E-state index contributed by atoms with van der Waals surface area (Å²) in [5.41, 5.74) is 2.52. The molecule has 0 amide bonds. The van der Waals surface area contributed by atoms with Crippen molar-refractivity contribution in [2.45, 2.75) is 19.9 Å². The summed E-state index contributed by atoms with van der Waals surface area (Å²) < 4.78 is 0. The second kappa shape index (κ2) is 4.57. The minimum atomic E-state index is -0.213. The van der Waals surface area contributed by atoms with Gasteiger partial charge in [0, 0.05) is 0 Å². The number of nitrogens with zero attached hydrogens (tertiary/aromatic N) is 1. The van der Waals surface area contributed by atoms with Crippen molar-refractivity contribution < 1.29 is 4.84 Å². The molecule has 0 aliphatic carbocycles. The van der Waals surface area contributed by atoms with Crippen LogP contribution in [-0.4, -0.2) is 12.6 Å². The Morgan fingerprint density at radius 1 is 1.88 bits per heavy atom. The number of nitrogens with one attached hydrogen (secondary N) is 1. The van der Waals surface area contributed by atoms with Crippen LogP contribution in [0, 0.1) is 11.3 Å². The fourth-order valence-corrected chi connectivity index (χ4v) is 0.235. The Morgan fingerprint density at radius 3 is 2.88 bits per heavy atom. The normalized spacial score (nSPS) is 12.6. The Hall–Kier alpha value is -0.590. The van der Waals surface area contributed by atoms with Crippen molar-refractivity contribution in [2.75, 3.05) is 6.61 Å². The minimum absolute atomic E-state index is 0.213. The van der Waals surface area contributed by atoms with Gasteiger partial charge >= 0.3 is 0 Å². The molecule has 0 aromatic carbocycles. The first-order valence-electron chi connectivity index (χ1n) is 2.58. The van der Waals surface area contributed by atoms with Gasteiger partial charge in [-0.1, -0.05) is 0 Å². The molecular formula is C5H10N2O. The summed E-state index contributed by atoms with van der Waals surface area (Å²) in [7, 11) is 0. The standard InChI is InChI=1S/C5H10N2O/c1-3-8-7-5(2)4-6/h5,7H,3H2,1-2H3. The second-order valence-electron chi connectivity index (χ2n) is 1.40. The van der Waals surface area contributed by atoms with Gasteiger partial charge in [-0.15, -0.1) is 0 Å². The Bertz CT molecular complexity index is 86.9. The van der Waals surface area contributed by atoms with Gasteiger partial charge in [-0.3, -0.25) is 0 Å². The molecule has 0 fully saturated rings. The average Bonchev–Trinajstić information content (AvgIpc) is 1.83. The van der Waals surface area contributed by atoms with Crippen LogP contribution in [0.3, 0.4) is 0 Å². The molecule has 0 spiro atoms. The molecule has 1 unspecified atom stereocenters. The summed E-state index contributed by atoms with van der Waals surface area (Å²) in [6.45, 7) is 4.18. The highest BCUT2D eigenvalue weighted by molar-refractivity contribution is 4.82. The third-order valence-corrected chi connectivity index (χ3v) is 0.598. The number of nitriles is 1. The van der Waals surface area contributed by atoms with Gasteiger partial charge in [0.1, 0.15) is 6.04 Å². The smallest absolute Gasteiger partial charge is 0.116 e. The quantitative estimate of drug-likeness (QED) is 0.541. The van der Waals surface area contributed by atoms with E-state index in [9.17, 15) is 0 Å². The summed E-state index contributed by atoms with van der Waals surface area (Å²) in [4.78, 5) is 4.71. The maximum atomic E-state index is 8.17. The highest BCUT2D eigenvalue weighted by atomic mass is 16.6. The van der Waals surface area contributed by atoms with E-state index in [-0.39, 0.29) is 6.04 Å². The third kappa shape index (κ3) is 3.59. The maximum absolute atomic E-state index is 8.17. The van der Waals surface area contributed by atoms with Crippen LogP contribution in [0.15, 0.2) is 0 Å². The first-order valence-corrected chi connectivity index (χ1v) is 2.58. The van der Waals surface area contributed by atoms with Gasteiger partial charge in [0.15, 0.2) is 0 Å². The molecule has 0 rings (SSSR count). The van der Waals surface area contributed by atoms with Gasteiger partial charge in [0.05, 0.1) is 12.7 Å². The van der Waals surface area contributed by atoms with Gasteiger partial charge in [-0.2, -0.15) is 10.7 Å². The van der Waals surface area contributed by atoms with Gasteiger partial charge in [0.25, 0.3) is 0 Å². The van der Waals surface area contributed by atoms with E-state index < -0.39 is 0 Å². The summed E-state index contributed by atoms with van der Waals surface area (Å²) in [6, 6.07) is 1.75. The number of hydrogen-bond donors (Lipinski definition) is 1. The molecule has 1 N–H and O–H groups in total. The fourth-order valence-electron chi connectivity index (χ4n) is 0.235. The van der Waals surface area contributed by atoms with E-state index in [1.165, 1.54) is 0 Å². The van der Waals surface area contributed by atoms with Crippen LogP contribution in [0.25, 0.3) is 0 Å². The monoisotopic (exact) mass is 114 g/mol. The first kappa shape index (κ1) is 7.41. The maximum Gasteiger partial charge on any atom is 0.116 e. The molecule has 0 saturated heterocycles. The second-order valence-corrected chi connectivity index (χ2v) is 1.40. The van der Waals surface area contributed by atoms with Crippen molar-refractivity contribution in [3.63, 3.8) is 0 Å². The lowest BCUT2D eigenvalue weighted by atomic mass is 10.4. The Balaban J connectivity index is 3.02. The van der Waals surface area contributed by atoms with Crippen LogP contribution in [0.2, 0.25) is 0 Å². The van der Waals surface area contributed by atoms with E-state index in [0.29, 0.717) is 6.61 Å². The molecule has 0 aliphatic heterocycles. The fraction of sp³-hybridized carbons (Fsp3) is 0.800. The summed E-state index contributed by atoms with van der Waals surface area (Å²) in [6.07, 6.45) is 0. The van der Waals surface area contributed by atoms with Crippen LogP contribution in [0.5, 0.6) is 0 Å². The summed E-state index contributed by atoms with van der Waals surface area (Å²) >= 11 is 0. The molecule has 0 heterocycles. The SMILES string of the molecule is CCONC(C)C#N. The zero-order chi connectivity index (χ0) is 6.41. The molecule has 3 heteroatoms. The van der Waals surface area contributed by atoms with E-state index in [4.69, 9.17) is 10.1 Å². The summed E-state index contributed by atoms with van der Waals surface area (Å²) in [5, 5.41) is 8.17. The molecule has 0 aliphatic rings. The molecule has 0 aromatic heterocycles. The topological polar surface area (TPSA) is 45.0 Å². The predicted octanol–water partition coefficient (Wildman–Crippen LogP) is 0.440. The van der Waals surface area contributed by atoms with Crippen molar-refractivity contribution in [2.24, 2.45) is 0 Å². The van der Waals surface area contributed by atoms with Crippen molar-refractivity contribution in [1.82, 2.24) is 5.48 Å². The average molecular weight is 114 g/mol. The molecular weight excluding hydrogens is 104 g/mol. The number of rotatable bonds is 3. The lowest BCUT2D eigenvalue weighted by Gasteiger charge is -2.01. The summed E-state index contributed by atoms with van der Waals surface area (Å²) in [5.74, 6) is 0. The molecule has 46 valence electrons. The van der Waals surface area contributed by atoms with Crippen molar-refractivity contribution in [3.8, 4) is 6.07 Å². The van der Waals surface area contributed by atoms with Crippen molar-refractivity contribution >= 4 is 0 Å². The lowest BCUT2D eigenvalue weighted by molar-refractivity contribution is 0.0408. The zero-order valence-electron chi connectivity index (χ0n) is 5.14. The molecule has 0 saturated carbocycles. The largest absolute Gasteiger partial charge is 0.301 e. The van der Waals surface area contributed by atoms with Crippen LogP contribution in [0.4, 0.5) is 0 Å². The van der Waals surface area contributed by atoms with Gasteiger partial charge in [-0.25, -0.2) is 0 Å². The lowest BCUT2D eigenvalue weighted by Crippen LogP contribution is -2.24. The zero-order valence-corrected chi connectivity index (χ0v) is 5.14. The minimum Gasteiger partial charge on any atom is -0.301 e. The van der Waals surface area contributed by atoms with E-state index in [1.807, 2.05) is 13.0 Å². The van der Waals surface area contributed by atoms with Gasteiger partial charge in [-0.05, 0) is 13.8 Å². The molecule has 3 nitrogen and oxygen atoms in total. The van der Waals surface area contributed by atoms with Crippen molar-refractivity contribution in [3.05, 3.63) is 0 Å². The van der Waals surface area contributed by atoms with E-state index in [1.54, 1.807) is 6.92 Å². The predicted molar refractivity (Wildman–Crippen MR) is 29.8 cm³/mol. The van der Waals surface area contributed by atoms with Crippen LogP contribution in [-0.2, 0) is 4.84 Å². The van der Waals surface area contributed by atoms with Crippen LogP contribution >= 0.6 is 0 Å². The van der Waals surface area contributed by atoms with Gasteiger partial charge in [0.2, 0.25) is 0 Å². The molecule has 8 heavy (non-hydrogen) atoms. The Labute approximate surface area is 49.2 Å². The molecule has 0 aromatic rings. The number of hydrogen-bond acceptors (Lipinski definition) is 3. The molecule has 0 bridgehead atoms. The van der Waals surface area contributed by atoms with E-state index in [2.05, 4.69) is 5.48 Å². The van der Waals surface area contributed by atoms with Crippen LogP contribution in [0.1, 0.15) is 13.8 Å². The van der Waals surface area contributed by atoms with E-state index >= 15 is 0 Å². The Kier molecular flexibility index (Phi) is 4.23. The highest BCUT2D eigenvalue weighted by Gasteiger charge is 1.92. The number of hydroxylamine groups is 1. The Morgan fingerprint density at radius 2 is 2.50 bits per heavy atom. The van der Waals surface area contributed by atoms with Crippen molar-refractivity contribution in [1.29, 1.82) is 5.26 Å². The highest BCUT2D eigenvalue weighted by Crippen LogP contribution is 1.74. The first-order chi connectivity index (χ1) is 3.81. The van der Waals surface area contributed by atoms with Gasteiger partial charge < -0.3 is 4.84 Å². The van der Waals surface area contributed by atoms with E-state index in [0.717, 1.165) is 0 Å². The van der Waals surface area contributed by atoms with Crippen LogP contribution < -0.4 is 5.48 Å².